The van der Waals surface area contributed by atoms with E-state index in [4.69, 9.17) is 10.5 Å². The van der Waals surface area contributed by atoms with Gasteiger partial charge in [0.15, 0.2) is 5.13 Å². The third-order valence-corrected chi connectivity index (χ3v) is 6.19. The maximum Gasteiger partial charge on any atom is 0.253 e. The molecule has 2 aliphatic heterocycles. The van der Waals surface area contributed by atoms with Crippen LogP contribution in [0.25, 0.3) is 10.2 Å². The van der Waals surface area contributed by atoms with Crippen LogP contribution in [0.15, 0.2) is 36.4 Å². The number of nitrogen functional groups attached to an aromatic ring is 1. The molecule has 0 radical (unpaired) electrons. The van der Waals surface area contributed by atoms with Crippen molar-refractivity contribution in [2.45, 2.75) is 13.3 Å². The van der Waals surface area contributed by atoms with Gasteiger partial charge >= 0.3 is 0 Å². The average molecular weight is 365 g/mol. The van der Waals surface area contributed by atoms with Crippen molar-refractivity contribution in [2.24, 2.45) is 5.41 Å². The van der Waals surface area contributed by atoms with Crippen LogP contribution in [0.5, 0.6) is 5.75 Å². The molecule has 1 spiro atoms. The van der Waals surface area contributed by atoms with Crippen molar-refractivity contribution in [3.05, 3.63) is 53.1 Å². The highest BCUT2D eigenvalue weighted by atomic mass is 32.1. The second-order valence-electron chi connectivity index (χ2n) is 7.43. The SMILES string of the molecule is Cc1cc(C(=O)N2CC3(COc4ccccc4C3)C2)cc2sc(N)nc12. The number of carbonyl (C=O) groups is 1. The van der Waals surface area contributed by atoms with E-state index in [0.717, 1.165) is 41.0 Å². The van der Waals surface area contributed by atoms with Gasteiger partial charge in [-0.3, -0.25) is 4.79 Å². The predicted molar refractivity (Wildman–Crippen MR) is 103 cm³/mol. The summed E-state index contributed by atoms with van der Waals surface area (Å²) in [6.45, 7) is 4.13. The van der Waals surface area contributed by atoms with Crippen molar-refractivity contribution < 1.29 is 9.53 Å². The monoisotopic (exact) mass is 365 g/mol. The first-order chi connectivity index (χ1) is 12.5. The third-order valence-electron chi connectivity index (χ3n) is 5.36. The van der Waals surface area contributed by atoms with Gasteiger partial charge in [0, 0.05) is 24.1 Å². The minimum atomic E-state index is 0.0536. The average Bonchev–Trinajstić information content (AvgIpc) is 2.99. The summed E-state index contributed by atoms with van der Waals surface area (Å²) in [4.78, 5) is 19.2. The lowest BCUT2D eigenvalue weighted by molar-refractivity contribution is -0.0290. The standard InChI is InChI=1S/C20H19N3O2S/c1-12-6-14(7-16-17(12)22-19(21)26-16)18(24)23-9-20(10-23)8-13-4-2-3-5-15(13)25-11-20/h2-7H,8-11H2,1H3,(H2,21,22). The van der Waals surface area contributed by atoms with Crippen LogP contribution in [0, 0.1) is 12.3 Å². The van der Waals surface area contributed by atoms with Gasteiger partial charge in [-0.25, -0.2) is 4.98 Å². The van der Waals surface area contributed by atoms with E-state index in [1.807, 2.05) is 42.2 Å². The third kappa shape index (κ3) is 2.36. The first kappa shape index (κ1) is 15.6. The molecule has 5 nitrogen and oxygen atoms in total. The van der Waals surface area contributed by atoms with E-state index in [9.17, 15) is 4.79 Å². The predicted octanol–water partition coefficient (Wildman–Crippen LogP) is 3.26. The summed E-state index contributed by atoms with van der Waals surface area (Å²) in [5, 5.41) is 0.536. The van der Waals surface area contributed by atoms with E-state index in [2.05, 4.69) is 11.1 Å². The number of hydrogen-bond donors (Lipinski definition) is 1. The van der Waals surface area contributed by atoms with Crippen LogP contribution in [0.4, 0.5) is 5.13 Å². The number of benzene rings is 2. The van der Waals surface area contributed by atoms with Gasteiger partial charge in [-0.05, 0) is 42.7 Å². The molecule has 0 unspecified atom stereocenters. The van der Waals surface area contributed by atoms with Gasteiger partial charge in [0.2, 0.25) is 0 Å². The number of carbonyl (C=O) groups excluding carboxylic acids is 1. The van der Waals surface area contributed by atoms with Crippen LogP contribution in [0.1, 0.15) is 21.5 Å². The minimum absolute atomic E-state index is 0.0536. The fourth-order valence-corrected chi connectivity index (χ4v) is 4.96. The number of nitrogens with two attached hydrogens (primary N) is 1. The molecule has 132 valence electrons. The van der Waals surface area contributed by atoms with Gasteiger partial charge in [0.25, 0.3) is 5.91 Å². The molecule has 0 bridgehead atoms. The number of aryl methyl sites for hydroxylation is 1. The van der Waals surface area contributed by atoms with Crippen LogP contribution >= 0.6 is 11.3 Å². The van der Waals surface area contributed by atoms with Crippen molar-refractivity contribution in [3.8, 4) is 5.75 Å². The number of thiazole rings is 1. The highest BCUT2D eigenvalue weighted by Crippen LogP contribution is 2.41. The molecule has 26 heavy (non-hydrogen) atoms. The maximum absolute atomic E-state index is 12.9. The van der Waals surface area contributed by atoms with Gasteiger partial charge in [-0.1, -0.05) is 29.5 Å². The molecule has 0 saturated carbocycles. The van der Waals surface area contributed by atoms with E-state index >= 15 is 0 Å². The Hall–Kier alpha value is -2.60. The van der Waals surface area contributed by atoms with Crippen molar-refractivity contribution in [3.63, 3.8) is 0 Å². The number of aromatic nitrogens is 1. The lowest BCUT2D eigenvalue weighted by Gasteiger charge is -2.51. The van der Waals surface area contributed by atoms with E-state index in [1.54, 1.807) is 0 Å². The Morgan fingerprint density at radius 3 is 2.96 bits per heavy atom. The largest absolute Gasteiger partial charge is 0.493 e. The summed E-state index contributed by atoms with van der Waals surface area (Å²) in [6, 6.07) is 12.0. The molecule has 1 fully saturated rings. The summed E-state index contributed by atoms with van der Waals surface area (Å²) in [6.07, 6.45) is 0.969. The van der Waals surface area contributed by atoms with Crippen LogP contribution < -0.4 is 10.5 Å². The highest BCUT2D eigenvalue weighted by molar-refractivity contribution is 7.22. The Balaban J connectivity index is 1.36. The fourth-order valence-electron chi connectivity index (χ4n) is 4.11. The summed E-state index contributed by atoms with van der Waals surface area (Å²) < 4.78 is 6.90. The molecule has 1 amide bonds. The Kier molecular flexibility index (Phi) is 3.28. The van der Waals surface area contributed by atoms with Gasteiger partial charge in [0.05, 0.1) is 16.8 Å². The Morgan fingerprint density at radius 2 is 2.12 bits per heavy atom. The molecule has 5 rings (SSSR count). The minimum Gasteiger partial charge on any atom is -0.493 e. The molecule has 2 aliphatic rings. The lowest BCUT2D eigenvalue weighted by atomic mass is 9.73. The van der Waals surface area contributed by atoms with Crippen LogP contribution in [-0.4, -0.2) is 35.5 Å². The van der Waals surface area contributed by atoms with Crippen LogP contribution in [0.2, 0.25) is 0 Å². The molecular weight excluding hydrogens is 346 g/mol. The van der Waals surface area contributed by atoms with Crippen molar-refractivity contribution >= 4 is 32.6 Å². The second kappa shape index (κ2) is 5.45. The van der Waals surface area contributed by atoms with E-state index < -0.39 is 0 Å². The molecule has 3 heterocycles. The van der Waals surface area contributed by atoms with Crippen LogP contribution in [-0.2, 0) is 6.42 Å². The Labute approximate surface area is 155 Å². The van der Waals surface area contributed by atoms with E-state index in [-0.39, 0.29) is 11.3 Å². The highest BCUT2D eigenvalue weighted by Gasteiger charge is 2.48. The topological polar surface area (TPSA) is 68.5 Å². The Bertz CT molecular complexity index is 1040. The Morgan fingerprint density at radius 1 is 1.31 bits per heavy atom. The molecule has 1 saturated heterocycles. The molecule has 2 N–H and O–H groups in total. The van der Waals surface area contributed by atoms with E-state index in [1.165, 1.54) is 16.9 Å². The number of anilines is 1. The molecule has 0 atom stereocenters. The summed E-state index contributed by atoms with van der Waals surface area (Å²) in [5.74, 6) is 1.05. The normalized spacial score (nSPS) is 17.7. The molecule has 3 aromatic rings. The molecule has 0 aliphatic carbocycles. The summed E-state index contributed by atoms with van der Waals surface area (Å²) in [7, 11) is 0. The van der Waals surface area contributed by atoms with Gasteiger partial charge < -0.3 is 15.4 Å². The zero-order chi connectivity index (χ0) is 17.9. The van der Waals surface area contributed by atoms with Gasteiger partial charge in [0.1, 0.15) is 5.75 Å². The first-order valence-corrected chi connectivity index (χ1v) is 9.51. The number of nitrogens with zero attached hydrogens (tertiary/aromatic N) is 2. The number of rotatable bonds is 1. The van der Waals surface area contributed by atoms with Gasteiger partial charge in [-0.15, -0.1) is 0 Å². The molecule has 2 aromatic carbocycles. The van der Waals surface area contributed by atoms with Crippen molar-refractivity contribution in [2.75, 3.05) is 25.4 Å². The van der Waals surface area contributed by atoms with E-state index in [0.29, 0.717) is 17.3 Å². The smallest absolute Gasteiger partial charge is 0.253 e. The number of para-hydroxylation sites is 1. The number of likely N-dealkylation sites (tertiary alicyclic amines) is 1. The van der Waals surface area contributed by atoms with Crippen LogP contribution in [0.3, 0.4) is 0 Å². The first-order valence-electron chi connectivity index (χ1n) is 8.70. The van der Waals surface area contributed by atoms with Crippen molar-refractivity contribution in [1.29, 1.82) is 0 Å². The fraction of sp³-hybridized carbons (Fsp3) is 0.300. The number of hydrogen-bond acceptors (Lipinski definition) is 5. The maximum atomic E-state index is 12.9. The quantitative estimate of drug-likeness (QED) is 0.719. The molecular formula is C20H19N3O2S. The zero-order valence-electron chi connectivity index (χ0n) is 14.5. The summed E-state index contributed by atoms with van der Waals surface area (Å²) >= 11 is 1.42. The zero-order valence-corrected chi connectivity index (χ0v) is 15.3. The lowest BCUT2D eigenvalue weighted by Crippen LogP contribution is -2.62. The summed E-state index contributed by atoms with van der Waals surface area (Å²) in [5.41, 5.74) is 9.70. The van der Waals surface area contributed by atoms with Gasteiger partial charge in [-0.2, -0.15) is 0 Å². The van der Waals surface area contributed by atoms with Crippen molar-refractivity contribution in [1.82, 2.24) is 9.88 Å². The number of fused-ring (bicyclic) bond motifs is 2. The molecule has 1 aromatic heterocycles. The second-order valence-corrected chi connectivity index (χ2v) is 8.49. The molecule has 6 heteroatoms. The number of amides is 1. The number of ether oxygens (including phenoxy) is 1.